The highest BCUT2D eigenvalue weighted by Gasteiger charge is 2.27. The molecule has 0 aliphatic carbocycles. The molecular formula is C17H25FN2O2. The summed E-state index contributed by atoms with van der Waals surface area (Å²) >= 11 is 0. The van der Waals surface area contributed by atoms with Gasteiger partial charge in [-0.05, 0) is 45.4 Å². The number of amides is 1. The van der Waals surface area contributed by atoms with E-state index < -0.39 is 5.60 Å². The fourth-order valence-corrected chi connectivity index (χ4v) is 2.60. The average molecular weight is 308 g/mol. The van der Waals surface area contributed by atoms with Crippen LogP contribution in [0.5, 0.6) is 0 Å². The van der Waals surface area contributed by atoms with Crippen molar-refractivity contribution in [1.82, 2.24) is 9.80 Å². The molecular weight excluding hydrogens is 283 g/mol. The van der Waals surface area contributed by atoms with Crippen LogP contribution in [0.1, 0.15) is 39.3 Å². The number of carbonyl (C=O) groups excluding carboxylic acids is 1. The first kappa shape index (κ1) is 16.7. The molecule has 1 aliphatic rings. The number of piperazine rings is 1. The van der Waals surface area contributed by atoms with Crippen molar-refractivity contribution in [3.8, 4) is 0 Å². The van der Waals surface area contributed by atoms with Crippen LogP contribution in [-0.4, -0.2) is 47.7 Å². The minimum Gasteiger partial charge on any atom is -0.444 e. The van der Waals surface area contributed by atoms with Gasteiger partial charge in [-0.3, -0.25) is 4.90 Å². The van der Waals surface area contributed by atoms with Gasteiger partial charge in [0.25, 0.3) is 0 Å². The molecule has 1 aromatic carbocycles. The predicted octanol–water partition coefficient (Wildman–Crippen LogP) is 3.44. The van der Waals surface area contributed by atoms with Gasteiger partial charge in [0.2, 0.25) is 0 Å². The highest BCUT2D eigenvalue weighted by molar-refractivity contribution is 5.68. The van der Waals surface area contributed by atoms with Gasteiger partial charge in [0, 0.05) is 32.2 Å². The van der Waals surface area contributed by atoms with Crippen molar-refractivity contribution < 1.29 is 13.9 Å². The quantitative estimate of drug-likeness (QED) is 0.839. The zero-order chi connectivity index (χ0) is 16.3. The first-order valence-corrected chi connectivity index (χ1v) is 7.74. The summed E-state index contributed by atoms with van der Waals surface area (Å²) in [6.45, 7) is 10.5. The summed E-state index contributed by atoms with van der Waals surface area (Å²) in [4.78, 5) is 16.0. The van der Waals surface area contributed by atoms with Crippen LogP contribution in [0.3, 0.4) is 0 Å². The molecule has 1 unspecified atom stereocenters. The van der Waals surface area contributed by atoms with E-state index >= 15 is 0 Å². The first-order valence-electron chi connectivity index (χ1n) is 7.74. The zero-order valence-corrected chi connectivity index (χ0v) is 13.8. The molecule has 0 saturated carbocycles. The van der Waals surface area contributed by atoms with Crippen molar-refractivity contribution in [2.75, 3.05) is 26.2 Å². The number of carbonyl (C=O) groups is 1. The highest BCUT2D eigenvalue weighted by Crippen LogP contribution is 2.22. The average Bonchev–Trinajstić information content (AvgIpc) is 2.45. The molecule has 1 amide bonds. The fourth-order valence-electron chi connectivity index (χ4n) is 2.60. The van der Waals surface area contributed by atoms with E-state index in [1.165, 1.54) is 6.07 Å². The number of rotatable bonds is 2. The van der Waals surface area contributed by atoms with Gasteiger partial charge in [-0.15, -0.1) is 0 Å². The van der Waals surface area contributed by atoms with Crippen molar-refractivity contribution in [1.29, 1.82) is 0 Å². The second-order valence-electron chi connectivity index (χ2n) is 6.73. The molecule has 1 aromatic rings. The van der Waals surface area contributed by atoms with E-state index in [2.05, 4.69) is 11.8 Å². The van der Waals surface area contributed by atoms with E-state index in [0.29, 0.717) is 13.1 Å². The van der Waals surface area contributed by atoms with Gasteiger partial charge in [0.05, 0.1) is 0 Å². The largest absolute Gasteiger partial charge is 0.444 e. The van der Waals surface area contributed by atoms with Crippen LogP contribution in [0.15, 0.2) is 24.3 Å². The van der Waals surface area contributed by atoms with E-state index in [9.17, 15) is 9.18 Å². The minimum atomic E-state index is -0.469. The summed E-state index contributed by atoms with van der Waals surface area (Å²) in [5.74, 6) is -0.211. The molecule has 1 heterocycles. The van der Waals surface area contributed by atoms with Crippen LogP contribution in [0, 0.1) is 5.82 Å². The van der Waals surface area contributed by atoms with Crippen molar-refractivity contribution in [3.63, 3.8) is 0 Å². The van der Waals surface area contributed by atoms with E-state index in [-0.39, 0.29) is 18.0 Å². The van der Waals surface area contributed by atoms with Crippen molar-refractivity contribution in [2.45, 2.75) is 39.3 Å². The van der Waals surface area contributed by atoms with Gasteiger partial charge in [-0.1, -0.05) is 12.1 Å². The summed E-state index contributed by atoms with van der Waals surface area (Å²) in [7, 11) is 0. The molecule has 1 saturated heterocycles. The van der Waals surface area contributed by atoms with Crippen molar-refractivity contribution in [3.05, 3.63) is 35.6 Å². The summed E-state index contributed by atoms with van der Waals surface area (Å²) in [5, 5.41) is 0. The van der Waals surface area contributed by atoms with Crippen LogP contribution in [0.2, 0.25) is 0 Å². The third kappa shape index (κ3) is 4.44. The number of ether oxygens (including phenoxy) is 1. The summed E-state index contributed by atoms with van der Waals surface area (Å²) in [6.07, 6.45) is -0.259. The highest BCUT2D eigenvalue weighted by atomic mass is 19.1. The minimum absolute atomic E-state index is 0.136. The first-order chi connectivity index (χ1) is 10.3. The number of hydrogen-bond acceptors (Lipinski definition) is 3. The third-order valence-corrected chi connectivity index (χ3v) is 3.84. The third-order valence-electron chi connectivity index (χ3n) is 3.84. The van der Waals surface area contributed by atoms with Gasteiger partial charge in [0.1, 0.15) is 11.4 Å². The second kappa shape index (κ2) is 6.65. The lowest BCUT2D eigenvalue weighted by Gasteiger charge is -2.38. The predicted molar refractivity (Wildman–Crippen MR) is 84.2 cm³/mol. The van der Waals surface area contributed by atoms with Crippen LogP contribution < -0.4 is 0 Å². The van der Waals surface area contributed by atoms with E-state index in [0.717, 1.165) is 18.7 Å². The van der Waals surface area contributed by atoms with Gasteiger partial charge in [-0.2, -0.15) is 0 Å². The molecule has 0 aromatic heterocycles. The van der Waals surface area contributed by atoms with Gasteiger partial charge in [-0.25, -0.2) is 9.18 Å². The van der Waals surface area contributed by atoms with Crippen LogP contribution in [-0.2, 0) is 4.74 Å². The molecule has 122 valence electrons. The second-order valence-corrected chi connectivity index (χ2v) is 6.73. The summed E-state index contributed by atoms with van der Waals surface area (Å²) in [5.41, 5.74) is 0.494. The lowest BCUT2D eigenvalue weighted by atomic mass is 10.1. The molecule has 0 radical (unpaired) electrons. The Morgan fingerprint density at radius 3 is 2.41 bits per heavy atom. The van der Waals surface area contributed by atoms with E-state index in [4.69, 9.17) is 4.74 Å². The van der Waals surface area contributed by atoms with Crippen LogP contribution in [0.25, 0.3) is 0 Å². The Labute approximate surface area is 131 Å². The fraction of sp³-hybridized carbons (Fsp3) is 0.588. The summed E-state index contributed by atoms with van der Waals surface area (Å²) in [6, 6.07) is 6.84. The number of nitrogens with zero attached hydrogens (tertiary/aromatic N) is 2. The Kier molecular flexibility index (Phi) is 5.06. The molecule has 1 atom stereocenters. The summed E-state index contributed by atoms with van der Waals surface area (Å²) < 4.78 is 18.7. The maximum Gasteiger partial charge on any atom is 0.410 e. The molecule has 4 nitrogen and oxygen atoms in total. The molecule has 0 N–H and O–H groups in total. The normalized spacial score (nSPS) is 18.1. The van der Waals surface area contributed by atoms with Crippen molar-refractivity contribution >= 4 is 6.09 Å². The monoisotopic (exact) mass is 308 g/mol. The lowest BCUT2D eigenvalue weighted by Crippen LogP contribution is -2.50. The molecule has 1 fully saturated rings. The topological polar surface area (TPSA) is 32.8 Å². The maximum atomic E-state index is 13.3. The van der Waals surface area contributed by atoms with Crippen LogP contribution in [0.4, 0.5) is 9.18 Å². The molecule has 22 heavy (non-hydrogen) atoms. The Morgan fingerprint density at radius 2 is 1.86 bits per heavy atom. The number of hydrogen-bond donors (Lipinski definition) is 0. The smallest absolute Gasteiger partial charge is 0.410 e. The Balaban J connectivity index is 1.90. The molecule has 1 aliphatic heterocycles. The van der Waals surface area contributed by atoms with Gasteiger partial charge >= 0.3 is 6.09 Å². The number of halogens is 1. The molecule has 0 bridgehead atoms. The zero-order valence-electron chi connectivity index (χ0n) is 13.8. The number of benzene rings is 1. The Bertz CT molecular complexity index is 520. The molecule has 2 rings (SSSR count). The van der Waals surface area contributed by atoms with Crippen molar-refractivity contribution in [2.24, 2.45) is 0 Å². The van der Waals surface area contributed by atoms with Crippen LogP contribution >= 0.6 is 0 Å². The Hall–Kier alpha value is -1.62. The van der Waals surface area contributed by atoms with Gasteiger partial charge in [0.15, 0.2) is 0 Å². The van der Waals surface area contributed by atoms with E-state index in [1.807, 2.05) is 26.8 Å². The standard InChI is InChI=1S/C17H25FN2O2/c1-13(14-6-5-7-15(18)12-14)19-8-10-20(11-9-19)16(21)22-17(2,3)4/h5-7,12-13H,8-11H2,1-4H3. The molecule has 0 spiro atoms. The molecule has 5 heteroatoms. The lowest BCUT2D eigenvalue weighted by molar-refractivity contribution is 0.0110. The Morgan fingerprint density at radius 1 is 1.23 bits per heavy atom. The van der Waals surface area contributed by atoms with Gasteiger partial charge < -0.3 is 9.64 Å². The SMILES string of the molecule is CC(c1cccc(F)c1)N1CCN(C(=O)OC(C)(C)C)CC1. The van der Waals surface area contributed by atoms with E-state index in [1.54, 1.807) is 17.0 Å². The maximum absolute atomic E-state index is 13.3.